The highest BCUT2D eigenvalue weighted by Gasteiger charge is 2.04. The molecule has 0 saturated heterocycles. The first kappa shape index (κ1) is 9.21. The Morgan fingerprint density at radius 1 is 1.50 bits per heavy atom. The molecule has 0 spiro atoms. The van der Waals surface area contributed by atoms with Crippen LogP contribution in [-0.4, -0.2) is 9.97 Å². The fourth-order valence-corrected chi connectivity index (χ4v) is 1.69. The second kappa shape index (κ2) is 3.09. The summed E-state index contributed by atoms with van der Waals surface area (Å²) in [5, 5.41) is 0.894. The summed E-state index contributed by atoms with van der Waals surface area (Å²) in [5.41, 5.74) is 6.92. The minimum absolute atomic E-state index is 0.164. The minimum atomic E-state index is -0.164. The Balaban J connectivity index is 2.96. The van der Waals surface area contributed by atoms with Crippen LogP contribution in [-0.2, 0) is 0 Å². The smallest absolute Gasteiger partial charge is 0.262 e. The van der Waals surface area contributed by atoms with Crippen LogP contribution in [0.1, 0.15) is 5.69 Å². The van der Waals surface area contributed by atoms with Crippen LogP contribution in [0.5, 0.6) is 0 Å². The Bertz CT molecular complexity index is 562. The van der Waals surface area contributed by atoms with Crippen molar-refractivity contribution < 1.29 is 0 Å². The molecule has 0 aliphatic heterocycles. The van der Waals surface area contributed by atoms with Crippen molar-refractivity contribution in [2.45, 2.75) is 6.92 Å². The molecule has 2 heterocycles. The SMILES string of the molecule is Cc1nc(N)cc2[nH]c(=O)c(Br)cc12. The Kier molecular flexibility index (Phi) is 2.03. The number of nitrogens with one attached hydrogen (secondary N) is 1. The average Bonchev–Trinajstić information content (AvgIpc) is 2.08. The molecule has 0 radical (unpaired) electrons. The molecule has 2 aromatic rings. The zero-order chi connectivity index (χ0) is 10.3. The summed E-state index contributed by atoms with van der Waals surface area (Å²) in [7, 11) is 0. The van der Waals surface area contributed by atoms with E-state index >= 15 is 0 Å². The van der Waals surface area contributed by atoms with Gasteiger partial charge < -0.3 is 10.7 Å². The van der Waals surface area contributed by atoms with Gasteiger partial charge in [-0.1, -0.05) is 0 Å². The van der Waals surface area contributed by atoms with Gasteiger partial charge in [0.15, 0.2) is 0 Å². The summed E-state index contributed by atoms with van der Waals surface area (Å²) >= 11 is 3.17. The number of H-pyrrole nitrogens is 1. The van der Waals surface area contributed by atoms with Gasteiger partial charge in [-0.2, -0.15) is 0 Å². The first-order valence-corrected chi connectivity index (χ1v) is 4.83. The molecule has 5 heteroatoms. The number of aromatic amines is 1. The second-order valence-corrected chi connectivity index (χ2v) is 3.89. The number of halogens is 1. The van der Waals surface area contributed by atoms with E-state index < -0.39 is 0 Å². The molecule has 0 atom stereocenters. The van der Waals surface area contributed by atoms with Crippen molar-refractivity contribution in [3.63, 3.8) is 0 Å². The number of nitrogens with zero attached hydrogens (tertiary/aromatic N) is 1. The third-order valence-corrected chi connectivity index (χ3v) is 2.59. The number of nitrogens with two attached hydrogens (primary N) is 1. The summed E-state index contributed by atoms with van der Waals surface area (Å²) in [4.78, 5) is 18.1. The minimum Gasteiger partial charge on any atom is -0.384 e. The van der Waals surface area contributed by atoms with E-state index in [0.29, 0.717) is 15.8 Å². The lowest BCUT2D eigenvalue weighted by atomic mass is 10.2. The molecule has 2 aromatic heterocycles. The highest BCUT2D eigenvalue weighted by atomic mass is 79.9. The topological polar surface area (TPSA) is 71.8 Å². The predicted molar refractivity (Wildman–Crippen MR) is 59.2 cm³/mol. The number of hydrogen-bond donors (Lipinski definition) is 2. The predicted octanol–water partition coefficient (Wildman–Crippen LogP) is 1.58. The van der Waals surface area contributed by atoms with E-state index in [4.69, 9.17) is 5.73 Å². The highest BCUT2D eigenvalue weighted by Crippen LogP contribution is 2.18. The molecule has 0 saturated carbocycles. The summed E-state index contributed by atoms with van der Waals surface area (Å²) in [5.74, 6) is 0.410. The summed E-state index contributed by atoms with van der Waals surface area (Å²) in [6.07, 6.45) is 0. The molecule has 4 nitrogen and oxygen atoms in total. The quantitative estimate of drug-likeness (QED) is 0.749. The van der Waals surface area contributed by atoms with Crippen LogP contribution in [0, 0.1) is 6.92 Å². The van der Waals surface area contributed by atoms with E-state index in [1.54, 1.807) is 12.1 Å². The number of aryl methyl sites for hydroxylation is 1. The summed E-state index contributed by atoms with van der Waals surface area (Å²) in [6, 6.07) is 3.39. The van der Waals surface area contributed by atoms with Crippen molar-refractivity contribution in [1.82, 2.24) is 9.97 Å². The highest BCUT2D eigenvalue weighted by molar-refractivity contribution is 9.10. The Morgan fingerprint density at radius 2 is 2.21 bits per heavy atom. The molecule has 0 fully saturated rings. The lowest BCUT2D eigenvalue weighted by Crippen LogP contribution is -2.07. The fraction of sp³-hybridized carbons (Fsp3) is 0.111. The Labute approximate surface area is 88.3 Å². The van der Waals surface area contributed by atoms with Crippen molar-refractivity contribution in [3.8, 4) is 0 Å². The summed E-state index contributed by atoms with van der Waals surface area (Å²) in [6.45, 7) is 1.85. The molecular weight excluding hydrogens is 246 g/mol. The van der Waals surface area contributed by atoms with Crippen LogP contribution in [0.2, 0.25) is 0 Å². The van der Waals surface area contributed by atoms with Gasteiger partial charge in [0.25, 0.3) is 5.56 Å². The molecule has 72 valence electrons. The van der Waals surface area contributed by atoms with Crippen molar-refractivity contribution >= 4 is 32.7 Å². The summed E-state index contributed by atoms with van der Waals surface area (Å²) < 4.78 is 0.500. The number of nitrogen functional groups attached to an aromatic ring is 1. The lowest BCUT2D eigenvalue weighted by molar-refractivity contribution is 1.21. The van der Waals surface area contributed by atoms with Crippen LogP contribution < -0.4 is 11.3 Å². The zero-order valence-electron chi connectivity index (χ0n) is 7.47. The molecule has 0 aliphatic carbocycles. The fourth-order valence-electron chi connectivity index (χ4n) is 1.37. The van der Waals surface area contributed by atoms with Gasteiger partial charge in [-0.25, -0.2) is 4.98 Å². The average molecular weight is 254 g/mol. The number of hydrogen-bond acceptors (Lipinski definition) is 3. The van der Waals surface area contributed by atoms with Gasteiger partial charge in [-0.3, -0.25) is 4.79 Å². The standard InChI is InChI=1S/C9H8BrN3O/c1-4-5-2-6(10)9(14)13-7(5)3-8(11)12-4/h2-3H,1H3,(H2,11,12)(H,13,14). The first-order valence-electron chi connectivity index (χ1n) is 4.03. The molecule has 0 unspecified atom stereocenters. The molecule has 0 aliphatic rings. The molecule has 0 amide bonds. The van der Waals surface area contributed by atoms with Crippen LogP contribution in [0.25, 0.3) is 10.9 Å². The number of rotatable bonds is 0. The van der Waals surface area contributed by atoms with Crippen molar-refractivity contribution in [2.75, 3.05) is 5.73 Å². The van der Waals surface area contributed by atoms with Crippen molar-refractivity contribution in [2.24, 2.45) is 0 Å². The molecule has 14 heavy (non-hydrogen) atoms. The number of pyridine rings is 2. The molecule has 2 rings (SSSR count). The maximum atomic E-state index is 11.3. The van der Waals surface area contributed by atoms with Crippen LogP contribution >= 0.6 is 15.9 Å². The van der Waals surface area contributed by atoms with Gasteiger partial charge in [0, 0.05) is 17.1 Å². The first-order chi connectivity index (χ1) is 6.58. The third-order valence-electron chi connectivity index (χ3n) is 2.01. The van der Waals surface area contributed by atoms with E-state index in [1.807, 2.05) is 6.92 Å². The zero-order valence-corrected chi connectivity index (χ0v) is 9.05. The number of aromatic nitrogens is 2. The maximum absolute atomic E-state index is 11.3. The van der Waals surface area contributed by atoms with E-state index in [9.17, 15) is 4.79 Å². The lowest BCUT2D eigenvalue weighted by Gasteiger charge is -2.03. The van der Waals surface area contributed by atoms with E-state index in [0.717, 1.165) is 11.1 Å². The molecule has 0 bridgehead atoms. The van der Waals surface area contributed by atoms with Gasteiger partial charge in [0.1, 0.15) is 5.82 Å². The molecular formula is C9H8BrN3O. The number of anilines is 1. The van der Waals surface area contributed by atoms with E-state index in [-0.39, 0.29) is 5.56 Å². The molecule has 3 N–H and O–H groups in total. The second-order valence-electron chi connectivity index (χ2n) is 3.04. The monoisotopic (exact) mass is 253 g/mol. The maximum Gasteiger partial charge on any atom is 0.262 e. The normalized spacial score (nSPS) is 10.7. The van der Waals surface area contributed by atoms with Gasteiger partial charge in [-0.15, -0.1) is 0 Å². The Morgan fingerprint density at radius 3 is 2.93 bits per heavy atom. The van der Waals surface area contributed by atoms with E-state index in [2.05, 4.69) is 25.9 Å². The van der Waals surface area contributed by atoms with Crippen LogP contribution in [0.4, 0.5) is 5.82 Å². The third kappa shape index (κ3) is 1.39. The van der Waals surface area contributed by atoms with Crippen LogP contribution in [0.15, 0.2) is 21.4 Å². The van der Waals surface area contributed by atoms with Crippen molar-refractivity contribution in [1.29, 1.82) is 0 Å². The van der Waals surface area contributed by atoms with Gasteiger partial charge in [-0.05, 0) is 28.9 Å². The van der Waals surface area contributed by atoms with Crippen molar-refractivity contribution in [3.05, 3.63) is 32.7 Å². The Hall–Kier alpha value is -1.36. The van der Waals surface area contributed by atoms with Gasteiger partial charge in [0.2, 0.25) is 0 Å². The largest absolute Gasteiger partial charge is 0.384 e. The van der Waals surface area contributed by atoms with E-state index in [1.165, 1.54) is 0 Å². The molecule has 0 aromatic carbocycles. The van der Waals surface area contributed by atoms with Crippen LogP contribution in [0.3, 0.4) is 0 Å². The van der Waals surface area contributed by atoms with Gasteiger partial charge in [0.05, 0.1) is 9.99 Å². The number of fused-ring (bicyclic) bond motifs is 1. The van der Waals surface area contributed by atoms with Gasteiger partial charge >= 0.3 is 0 Å².